The Hall–Kier alpha value is -10.7. The second kappa shape index (κ2) is 19.5. The summed E-state index contributed by atoms with van der Waals surface area (Å²) in [5.74, 6) is -0.687. The fourth-order valence-electron chi connectivity index (χ4n) is 14.6. The van der Waals surface area contributed by atoms with E-state index in [1.54, 1.807) is 24.3 Å². The third-order valence-corrected chi connectivity index (χ3v) is 17.9. The highest BCUT2D eigenvalue weighted by molar-refractivity contribution is 6.25. The van der Waals surface area contributed by atoms with Crippen molar-refractivity contribution in [3.63, 3.8) is 0 Å². The number of para-hydroxylation sites is 2. The molecule has 0 spiro atoms. The zero-order valence-electron chi connectivity index (χ0n) is 45.7. The normalized spacial score (nSPS) is 13.3. The van der Waals surface area contributed by atoms with Gasteiger partial charge >= 0.3 is 0 Å². The Morgan fingerprint density at radius 1 is 0.214 bits per heavy atom. The van der Waals surface area contributed by atoms with Gasteiger partial charge in [-0.25, -0.2) is 8.78 Å². The molecular weight excluding hydrogens is 1030 g/mol. The van der Waals surface area contributed by atoms with Crippen LogP contribution >= 0.6 is 0 Å². The molecule has 0 saturated heterocycles. The summed E-state index contributed by atoms with van der Waals surface area (Å²) < 4.78 is 34.7. The second-order valence-corrected chi connectivity index (χ2v) is 22.0. The van der Waals surface area contributed by atoms with Crippen molar-refractivity contribution in [1.29, 1.82) is 0 Å². The summed E-state index contributed by atoms with van der Waals surface area (Å²) in [7, 11) is 0. The second-order valence-electron chi connectivity index (χ2n) is 22.0. The molecule has 0 fully saturated rings. The van der Waals surface area contributed by atoms with Crippen LogP contribution in [0.25, 0.3) is 54.6 Å². The molecule has 0 saturated carbocycles. The van der Waals surface area contributed by atoms with Gasteiger partial charge in [-0.05, 0) is 126 Å². The fraction of sp³-hybridized carbons (Fsp3) is 0.0250. The molecule has 0 bridgehead atoms. The van der Waals surface area contributed by atoms with Gasteiger partial charge in [0.15, 0.2) is 0 Å². The molecule has 0 N–H and O–H groups in total. The van der Waals surface area contributed by atoms with Crippen molar-refractivity contribution in [2.75, 3.05) is 9.80 Å². The van der Waals surface area contributed by atoms with E-state index in [4.69, 9.17) is 0 Å². The zero-order chi connectivity index (χ0) is 55.9. The van der Waals surface area contributed by atoms with Gasteiger partial charge in [-0.1, -0.05) is 267 Å². The topological polar surface area (TPSA) is 6.48 Å². The lowest BCUT2D eigenvalue weighted by molar-refractivity contribution is 0.628. The SMILES string of the molecule is Fc1ccccc1N(c1cccc2c1-c1ccccc1C2(c1ccccc1)c1ccccc1)c1cc2c3ccccc3c(N(c3ccccc3F)c3cccc4c3-c3ccccc3C4(c3ccccc3)c3ccccc3)cc2c2ccccc12. The highest BCUT2D eigenvalue weighted by Gasteiger charge is 2.49. The van der Waals surface area contributed by atoms with Crippen LogP contribution < -0.4 is 9.80 Å². The third-order valence-electron chi connectivity index (χ3n) is 17.9. The molecule has 16 rings (SSSR count). The number of benzene rings is 14. The molecule has 14 aromatic carbocycles. The fourth-order valence-corrected chi connectivity index (χ4v) is 14.6. The highest BCUT2D eigenvalue weighted by atomic mass is 19.1. The summed E-state index contributed by atoms with van der Waals surface area (Å²) in [6.07, 6.45) is 0. The molecule has 2 aliphatic rings. The maximum absolute atomic E-state index is 17.4. The molecule has 2 aliphatic carbocycles. The summed E-state index contributed by atoms with van der Waals surface area (Å²) >= 11 is 0. The van der Waals surface area contributed by atoms with Gasteiger partial charge < -0.3 is 9.80 Å². The van der Waals surface area contributed by atoms with Gasteiger partial charge in [0.2, 0.25) is 0 Å². The molecule has 0 aromatic heterocycles. The van der Waals surface area contributed by atoms with E-state index in [1.165, 1.54) is 0 Å². The summed E-state index contributed by atoms with van der Waals surface area (Å²) in [6, 6.07) is 109. The molecule has 0 atom stereocenters. The summed E-state index contributed by atoms with van der Waals surface area (Å²) in [5.41, 5.74) is 16.3. The molecule has 0 unspecified atom stereocenters. The number of anilines is 6. The van der Waals surface area contributed by atoms with Crippen LogP contribution in [-0.2, 0) is 10.8 Å². The predicted octanol–water partition coefficient (Wildman–Crippen LogP) is 21.1. The summed E-state index contributed by atoms with van der Waals surface area (Å²) in [4.78, 5) is 4.31. The smallest absolute Gasteiger partial charge is 0.147 e. The van der Waals surface area contributed by atoms with E-state index in [0.29, 0.717) is 11.4 Å². The molecule has 84 heavy (non-hydrogen) atoms. The first kappa shape index (κ1) is 49.2. The molecular formula is C80H52F2N2. The van der Waals surface area contributed by atoms with Crippen molar-refractivity contribution in [2.24, 2.45) is 0 Å². The first-order chi connectivity index (χ1) is 41.6. The van der Waals surface area contributed by atoms with Gasteiger partial charge in [-0.15, -0.1) is 0 Å². The Kier molecular flexibility index (Phi) is 11.4. The van der Waals surface area contributed by atoms with Crippen molar-refractivity contribution >= 4 is 66.4 Å². The Labute approximate surface area is 487 Å². The van der Waals surface area contributed by atoms with Crippen LogP contribution in [0.2, 0.25) is 0 Å². The van der Waals surface area contributed by atoms with Crippen molar-refractivity contribution in [2.45, 2.75) is 10.8 Å². The maximum Gasteiger partial charge on any atom is 0.147 e. The van der Waals surface area contributed by atoms with E-state index in [9.17, 15) is 0 Å². The van der Waals surface area contributed by atoms with E-state index in [0.717, 1.165) is 122 Å². The number of halogens is 2. The number of nitrogens with zero attached hydrogens (tertiary/aromatic N) is 2. The molecule has 2 nitrogen and oxygen atoms in total. The van der Waals surface area contributed by atoms with Crippen LogP contribution in [-0.4, -0.2) is 0 Å². The molecule has 4 heteroatoms. The van der Waals surface area contributed by atoms with Crippen LogP contribution in [0.4, 0.5) is 42.9 Å². The van der Waals surface area contributed by atoms with Gasteiger partial charge in [-0.3, -0.25) is 0 Å². The predicted molar refractivity (Wildman–Crippen MR) is 343 cm³/mol. The average Bonchev–Trinajstić information content (AvgIpc) is 1.62. The number of hydrogen-bond acceptors (Lipinski definition) is 2. The lowest BCUT2D eigenvalue weighted by Crippen LogP contribution is -2.28. The van der Waals surface area contributed by atoms with Crippen LogP contribution in [0, 0.1) is 11.6 Å². The van der Waals surface area contributed by atoms with E-state index in [1.807, 2.05) is 24.3 Å². The van der Waals surface area contributed by atoms with Crippen molar-refractivity contribution in [3.8, 4) is 22.3 Å². The molecule has 0 aliphatic heterocycles. The first-order valence-corrected chi connectivity index (χ1v) is 28.7. The molecule has 0 heterocycles. The van der Waals surface area contributed by atoms with Crippen molar-refractivity contribution in [3.05, 3.63) is 372 Å². The minimum absolute atomic E-state index is 0.343. The van der Waals surface area contributed by atoms with E-state index < -0.39 is 10.8 Å². The average molecular weight is 1080 g/mol. The largest absolute Gasteiger partial charge is 0.306 e. The summed E-state index contributed by atoms with van der Waals surface area (Å²) in [5, 5.41) is 5.75. The van der Waals surface area contributed by atoms with Crippen LogP contribution in [0.3, 0.4) is 0 Å². The maximum atomic E-state index is 17.4. The number of rotatable bonds is 10. The van der Waals surface area contributed by atoms with E-state index in [-0.39, 0.29) is 11.6 Å². The van der Waals surface area contributed by atoms with E-state index >= 15 is 8.78 Å². The van der Waals surface area contributed by atoms with Gasteiger partial charge in [0, 0.05) is 21.9 Å². The van der Waals surface area contributed by atoms with Gasteiger partial charge in [0.1, 0.15) is 11.6 Å². The minimum Gasteiger partial charge on any atom is -0.306 e. The van der Waals surface area contributed by atoms with Gasteiger partial charge in [0.05, 0.1) is 45.0 Å². The Morgan fingerprint density at radius 3 is 0.869 bits per heavy atom. The monoisotopic (exact) mass is 1080 g/mol. The van der Waals surface area contributed by atoms with Crippen molar-refractivity contribution < 1.29 is 8.78 Å². The number of hydrogen-bond donors (Lipinski definition) is 0. The lowest BCUT2D eigenvalue weighted by Gasteiger charge is -2.35. The Bertz CT molecular complexity index is 4500. The lowest BCUT2D eigenvalue weighted by atomic mass is 9.68. The molecule has 0 amide bonds. The molecule has 0 radical (unpaired) electrons. The quantitative estimate of drug-likeness (QED) is 0.126. The molecule has 396 valence electrons. The summed E-state index contributed by atoms with van der Waals surface area (Å²) in [6.45, 7) is 0. The van der Waals surface area contributed by atoms with Crippen molar-refractivity contribution in [1.82, 2.24) is 0 Å². The third kappa shape index (κ3) is 7.07. The van der Waals surface area contributed by atoms with Gasteiger partial charge in [0.25, 0.3) is 0 Å². The number of fused-ring (bicyclic) bond motifs is 11. The Morgan fingerprint density at radius 2 is 0.500 bits per heavy atom. The van der Waals surface area contributed by atoms with Crippen LogP contribution in [0.1, 0.15) is 44.5 Å². The van der Waals surface area contributed by atoms with Crippen LogP contribution in [0.5, 0.6) is 0 Å². The van der Waals surface area contributed by atoms with Gasteiger partial charge in [-0.2, -0.15) is 0 Å². The Balaban J connectivity index is 0.983. The zero-order valence-corrected chi connectivity index (χ0v) is 45.7. The highest BCUT2D eigenvalue weighted by Crippen LogP contribution is 2.62. The first-order valence-electron chi connectivity index (χ1n) is 28.7. The van der Waals surface area contributed by atoms with E-state index in [2.05, 4.69) is 277 Å². The van der Waals surface area contributed by atoms with Crippen LogP contribution in [0.15, 0.2) is 315 Å². The minimum atomic E-state index is -0.681. The molecule has 14 aromatic rings. The standard InChI is InChI=1S/C80H52F2N2/c81-69-45-21-23-47-71(69)83(73-49-25-43-67-77(73)61-39-17-19-41-65(61)79(67,53-27-5-1-6-28-53)54-29-7-2-8-30-54)75-51-63-58-36-14-16-38-60(58)76(52-64(63)57-35-13-15-37-59(57)75)84(72-48-24-22-46-70(72)82)74-50-26-44-68-78(74)62-40-18-20-42-66(62)80(68,55-31-9-3-10-32-55)56-33-11-4-12-34-56/h1-52H.